The number of nitrogens with one attached hydrogen (secondary N) is 2. The van der Waals surface area contributed by atoms with Crippen LogP contribution in [0.25, 0.3) is 0 Å². The highest BCUT2D eigenvalue weighted by Gasteiger charge is 2.23. The lowest BCUT2D eigenvalue weighted by atomic mass is 9.95. The Labute approximate surface area is 199 Å². The third-order valence-electron chi connectivity index (χ3n) is 5.79. The van der Waals surface area contributed by atoms with Crippen molar-refractivity contribution in [1.29, 1.82) is 0 Å². The van der Waals surface area contributed by atoms with Crippen molar-refractivity contribution in [3.63, 3.8) is 0 Å². The minimum atomic E-state index is -3.85. The third kappa shape index (κ3) is 6.42. The van der Waals surface area contributed by atoms with Crippen LogP contribution in [0.1, 0.15) is 44.6 Å². The number of amides is 2. The zero-order valence-electron chi connectivity index (χ0n) is 20.2. The number of hydrogen-bond donors (Lipinski definition) is 2. The van der Waals surface area contributed by atoms with Gasteiger partial charge in [0, 0.05) is 12.1 Å². The summed E-state index contributed by atoms with van der Waals surface area (Å²) in [7, 11) is -2.36. The summed E-state index contributed by atoms with van der Waals surface area (Å²) in [6.45, 7) is 8.34. The average molecular weight is 491 g/mol. The lowest BCUT2D eigenvalue weighted by Gasteiger charge is -2.19. The van der Waals surface area contributed by atoms with Crippen LogP contribution in [0.5, 0.6) is 5.75 Å². The minimum absolute atomic E-state index is 0.196. The first-order valence-electron chi connectivity index (χ1n) is 10.6. The van der Waals surface area contributed by atoms with Gasteiger partial charge in [-0.25, -0.2) is 13.1 Å². The number of ether oxygens (including phenoxy) is 2. The SMILES string of the molecule is COc1ccc(C(=O)NC(=O)COC(=O)CCNS(=O)(=O)c2c(C)c(C)c(C)c(C)c2C)cc1. The topological polar surface area (TPSA) is 128 Å². The van der Waals surface area contributed by atoms with Gasteiger partial charge in [-0.2, -0.15) is 0 Å². The summed E-state index contributed by atoms with van der Waals surface area (Å²) >= 11 is 0. The van der Waals surface area contributed by atoms with Gasteiger partial charge in [-0.15, -0.1) is 0 Å². The zero-order chi connectivity index (χ0) is 25.6. The molecule has 0 fully saturated rings. The van der Waals surface area contributed by atoms with Crippen LogP contribution in [0.15, 0.2) is 29.2 Å². The van der Waals surface area contributed by atoms with E-state index >= 15 is 0 Å². The Morgan fingerprint density at radius 2 is 1.38 bits per heavy atom. The Hall–Kier alpha value is -3.24. The molecule has 0 saturated heterocycles. The van der Waals surface area contributed by atoms with Gasteiger partial charge in [0.05, 0.1) is 18.4 Å². The quantitative estimate of drug-likeness (QED) is 0.517. The molecule has 0 unspecified atom stereocenters. The van der Waals surface area contributed by atoms with E-state index in [1.807, 2.05) is 20.8 Å². The van der Waals surface area contributed by atoms with Crippen LogP contribution in [0.2, 0.25) is 0 Å². The van der Waals surface area contributed by atoms with Crippen molar-refractivity contribution in [2.75, 3.05) is 20.3 Å². The number of hydrogen-bond acceptors (Lipinski definition) is 7. The van der Waals surface area contributed by atoms with Crippen molar-refractivity contribution < 1.29 is 32.3 Å². The van der Waals surface area contributed by atoms with Crippen molar-refractivity contribution in [1.82, 2.24) is 10.0 Å². The maximum atomic E-state index is 12.9. The molecule has 2 amide bonds. The van der Waals surface area contributed by atoms with Crippen LogP contribution < -0.4 is 14.8 Å². The summed E-state index contributed by atoms with van der Waals surface area (Å²) in [5.74, 6) is -1.66. The molecule has 2 rings (SSSR count). The first-order chi connectivity index (χ1) is 15.9. The maximum absolute atomic E-state index is 12.9. The second kappa shape index (κ2) is 11.3. The van der Waals surface area contributed by atoms with E-state index in [9.17, 15) is 22.8 Å². The summed E-state index contributed by atoms with van der Waals surface area (Å²) in [6.07, 6.45) is -0.277. The number of methoxy groups -OCH3 is 1. The number of sulfonamides is 1. The fourth-order valence-corrected chi connectivity index (χ4v) is 5.05. The Kier molecular flexibility index (Phi) is 8.94. The molecule has 184 valence electrons. The molecule has 0 aliphatic rings. The largest absolute Gasteiger partial charge is 0.497 e. The van der Waals surface area contributed by atoms with Crippen molar-refractivity contribution in [2.45, 2.75) is 45.9 Å². The van der Waals surface area contributed by atoms with Crippen LogP contribution in [-0.4, -0.2) is 46.5 Å². The van der Waals surface area contributed by atoms with E-state index in [0.29, 0.717) is 16.9 Å². The van der Waals surface area contributed by atoms with E-state index < -0.39 is 34.4 Å². The van der Waals surface area contributed by atoms with Gasteiger partial charge in [-0.3, -0.25) is 19.7 Å². The molecule has 2 N–H and O–H groups in total. The molecule has 0 bridgehead atoms. The van der Waals surface area contributed by atoms with Crippen LogP contribution in [0.4, 0.5) is 0 Å². The standard InChI is InChI=1S/C24H30N2O7S/c1-14-15(2)17(4)23(18(5)16(14)3)34(30,31)25-12-11-22(28)33-13-21(27)26-24(29)19-7-9-20(32-6)10-8-19/h7-10,25H,11-13H2,1-6H3,(H,26,27,29). The summed E-state index contributed by atoms with van der Waals surface area (Å²) < 4.78 is 38.0. The lowest BCUT2D eigenvalue weighted by molar-refractivity contribution is -0.148. The Balaban J connectivity index is 1.86. The predicted molar refractivity (Wildman–Crippen MR) is 126 cm³/mol. The van der Waals surface area contributed by atoms with Crippen molar-refractivity contribution in [2.24, 2.45) is 0 Å². The second-order valence-electron chi connectivity index (χ2n) is 7.87. The van der Waals surface area contributed by atoms with Crippen molar-refractivity contribution >= 4 is 27.8 Å². The van der Waals surface area contributed by atoms with E-state index in [1.54, 1.807) is 26.0 Å². The summed E-state index contributed by atoms with van der Waals surface area (Å²) in [5, 5.41) is 2.11. The molecule has 34 heavy (non-hydrogen) atoms. The van der Waals surface area contributed by atoms with Crippen molar-refractivity contribution in [3.05, 3.63) is 57.6 Å². The Morgan fingerprint density at radius 3 is 1.91 bits per heavy atom. The number of benzene rings is 2. The summed E-state index contributed by atoms with van der Waals surface area (Å²) in [6, 6.07) is 6.12. The molecule has 0 atom stereocenters. The molecule has 0 heterocycles. The van der Waals surface area contributed by atoms with Crippen LogP contribution >= 0.6 is 0 Å². The second-order valence-corrected chi connectivity index (χ2v) is 9.57. The third-order valence-corrected chi connectivity index (χ3v) is 7.52. The van der Waals surface area contributed by atoms with Gasteiger partial charge in [0.1, 0.15) is 5.75 Å². The van der Waals surface area contributed by atoms with E-state index in [2.05, 4.69) is 10.0 Å². The Morgan fingerprint density at radius 1 is 0.853 bits per heavy atom. The van der Waals surface area contributed by atoms with Crippen LogP contribution in [-0.2, 0) is 24.3 Å². The maximum Gasteiger partial charge on any atom is 0.307 e. The van der Waals surface area contributed by atoms with E-state index in [0.717, 1.165) is 16.7 Å². The highest BCUT2D eigenvalue weighted by Crippen LogP contribution is 2.29. The molecular formula is C24H30N2O7S. The molecule has 2 aromatic rings. The molecule has 0 saturated carbocycles. The molecule has 2 aromatic carbocycles. The fraction of sp³-hybridized carbons (Fsp3) is 0.375. The number of rotatable bonds is 9. The van der Waals surface area contributed by atoms with Crippen LogP contribution in [0.3, 0.4) is 0 Å². The molecule has 9 nitrogen and oxygen atoms in total. The Bertz CT molecular complexity index is 1170. The zero-order valence-corrected chi connectivity index (χ0v) is 21.0. The molecule has 0 spiro atoms. The first kappa shape index (κ1) is 27.0. The van der Waals surface area contributed by atoms with Gasteiger partial charge in [0.15, 0.2) is 6.61 Å². The number of carbonyl (C=O) groups is 3. The number of imide groups is 1. The fourth-order valence-electron chi connectivity index (χ4n) is 3.42. The highest BCUT2D eigenvalue weighted by molar-refractivity contribution is 7.89. The van der Waals surface area contributed by atoms with Gasteiger partial charge in [-0.05, 0) is 86.7 Å². The monoisotopic (exact) mass is 490 g/mol. The minimum Gasteiger partial charge on any atom is -0.497 e. The number of esters is 1. The molecular weight excluding hydrogens is 460 g/mol. The molecule has 0 radical (unpaired) electrons. The van der Waals surface area contributed by atoms with E-state index in [4.69, 9.17) is 9.47 Å². The average Bonchev–Trinajstić information content (AvgIpc) is 2.80. The predicted octanol–water partition coefficient (Wildman–Crippen LogP) is 2.41. The molecule has 0 aromatic heterocycles. The normalized spacial score (nSPS) is 11.1. The van der Waals surface area contributed by atoms with E-state index in [-0.39, 0.29) is 23.4 Å². The van der Waals surface area contributed by atoms with Crippen LogP contribution in [0, 0.1) is 34.6 Å². The lowest BCUT2D eigenvalue weighted by Crippen LogP contribution is -2.34. The summed E-state index contributed by atoms with van der Waals surface area (Å²) in [5.41, 5.74) is 4.40. The molecule has 0 aliphatic carbocycles. The highest BCUT2D eigenvalue weighted by atomic mass is 32.2. The molecule has 10 heteroatoms. The van der Waals surface area contributed by atoms with Gasteiger partial charge < -0.3 is 9.47 Å². The van der Waals surface area contributed by atoms with Gasteiger partial charge in [0.25, 0.3) is 11.8 Å². The smallest absolute Gasteiger partial charge is 0.307 e. The van der Waals surface area contributed by atoms with E-state index in [1.165, 1.54) is 19.2 Å². The number of carbonyl (C=O) groups excluding carboxylic acids is 3. The molecule has 0 aliphatic heterocycles. The first-order valence-corrected chi connectivity index (χ1v) is 12.1. The van der Waals surface area contributed by atoms with Gasteiger partial charge in [-0.1, -0.05) is 0 Å². The van der Waals surface area contributed by atoms with Crippen molar-refractivity contribution in [3.8, 4) is 5.75 Å². The summed E-state index contributed by atoms with van der Waals surface area (Å²) in [4.78, 5) is 36.1. The van der Waals surface area contributed by atoms with Gasteiger partial charge in [0.2, 0.25) is 10.0 Å². The van der Waals surface area contributed by atoms with Gasteiger partial charge >= 0.3 is 5.97 Å².